The molecular formula is C19H25NO3. The molecule has 0 bridgehead atoms. The van der Waals surface area contributed by atoms with Gasteiger partial charge in [-0.1, -0.05) is 24.3 Å². The molecule has 0 spiro atoms. The molecule has 23 heavy (non-hydrogen) atoms. The number of carbonyl (C=O) groups excluding carboxylic acids is 2. The number of nitrogens with zero attached hydrogens (tertiary/aromatic N) is 1. The molecule has 1 fully saturated rings. The van der Waals surface area contributed by atoms with Crippen molar-refractivity contribution in [1.82, 2.24) is 4.90 Å². The van der Waals surface area contributed by atoms with Crippen molar-refractivity contribution in [3.63, 3.8) is 0 Å². The van der Waals surface area contributed by atoms with Gasteiger partial charge in [-0.15, -0.1) is 0 Å². The number of likely N-dealkylation sites (tertiary alicyclic amines) is 1. The van der Waals surface area contributed by atoms with E-state index in [2.05, 4.69) is 0 Å². The molecule has 1 heterocycles. The van der Waals surface area contributed by atoms with Crippen LogP contribution in [-0.4, -0.2) is 35.0 Å². The second kappa shape index (κ2) is 5.99. The minimum Gasteiger partial charge on any atom is -0.444 e. The smallest absolute Gasteiger partial charge is 0.410 e. The topological polar surface area (TPSA) is 46.6 Å². The van der Waals surface area contributed by atoms with Gasteiger partial charge in [0.05, 0.1) is 0 Å². The van der Waals surface area contributed by atoms with Gasteiger partial charge in [0, 0.05) is 24.1 Å². The molecule has 1 amide bonds. The molecule has 0 saturated carbocycles. The first kappa shape index (κ1) is 16.0. The van der Waals surface area contributed by atoms with E-state index in [-0.39, 0.29) is 23.8 Å². The third-order valence-electron chi connectivity index (χ3n) is 4.74. The number of rotatable bonds is 1. The molecule has 124 valence electrons. The Morgan fingerprint density at radius 2 is 1.96 bits per heavy atom. The van der Waals surface area contributed by atoms with E-state index in [9.17, 15) is 9.59 Å². The number of benzene rings is 1. The van der Waals surface area contributed by atoms with E-state index in [1.807, 2.05) is 45.0 Å². The number of hydrogen-bond acceptors (Lipinski definition) is 3. The van der Waals surface area contributed by atoms with Crippen molar-refractivity contribution in [3.05, 3.63) is 35.4 Å². The molecule has 1 saturated heterocycles. The summed E-state index contributed by atoms with van der Waals surface area (Å²) < 4.78 is 5.52. The first-order chi connectivity index (χ1) is 10.9. The predicted octanol–water partition coefficient (Wildman–Crippen LogP) is 3.83. The Kier molecular flexibility index (Phi) is 4.17. The van der Waals surface area contributed by atoms with Crippen molar-refractivity contribution >= 4 is 11.9 Å². The van der Waals surface area contributed by atoms with Crippen LogP contribution in [0.1, 0.15) is 56.0 Å². The van der Waals surface area contributed by atoms with Crippen molar-refractivity contribution in [3.8, 4) is 0 Å². The molecule has 0 unspecified atom stereocenters. The first-order valence-corrected chi connectivity index (χ1v) is 8.48. The van der Waals surface area contributed by atoms with Crippen molar-refractivity contribution in [1.29, 1.82) is 0 Å². The average Bonchev–Trinajstić information content (AvgIpc) is 2.95. The van der Waals surface area contributed by atoms with Gasteiger partial charge in [0.1, 0.15) is 5.60 Å². The zero-order valence-corrected chi connectivity index (χ0v) is 14.2. The lowest BCUT2D eigenvalue weighted by Crippen LogP contribution is -2.46. The van der Waals surface area contributed by atoms with Gasteiger partial charge in [-0.2, -0.15) is 0 Å². The third kappa shape index (κ3) is 3.26. The van der Waals surface area contributed by atoms with Crippen LogP contribution >= 0.6 is 0 Å². The van der Waals surface area contributed by atoms with Gasteiger partial charge < -0.3 is 9.64 Å². The number of fused-ring (bicyclic) bond motifs is 1. The Balaban J connectivity index is 1.79. The molecule has 0 radical (unpaired) electrons. The highest BCUT2D eigenvalue weighted by atomic mass is 16.6. The van der Waals surface area contributed by atoms with E-state index in [1.54, 1.807) is 4.90 Å². The lowest BCUT2D eigenvalue weighted by molar-refractivity contribution is 0.0175. The number of carbonyl (C=O) groups is 2. The second-order valence-electron chi connectivity index (χ2n) is 7.55. The van der Waals surface area contributed by atoms with Crippen LogP contribution in [0.2, 0.25) is 0 Å². The maximum Gasteiger partial charge on any atom is 0.410 e. The molecule has 0 aromatic heterocycles. The van der Waals surface area contributed by atoms with Crippen molar-refractivity contribution in [2.45, 2.75) is 58.1 Å². The summed E-state index contributed by atoms with van der Waals surface area (Å²) in [5.74, 6) is 0.0900. The van der Waals surface area contributed by atoms with E-state index in [4.69, 9.17) is 4.74 Å². The molecule has 2 atom stereocenters. The van der Waals surface area contributed by atoms with E-state index >= 15 is 0 Å². The molecule has 1 aliphatic carbocycles. The first-order valence-electron chi connectivity index (χ1n) is 8.48. The summed E-state index contributed by atoms with van der Waals surface area (Å²) in [6.07, 6.45) is 3.27. The number of ether oxygens (including phenoxy) is 1. The molecule has 4 heteroatoms. The summed E-state index contributed by atoms with van der Waals surface area (Å²) in [4.78, 5) is 27.1. The quantitative estimate of drug-likeness (QED) is 0.791. The van der Waals surface area contributed by atoms with E-state index in [0.29, 0.717) is 6.54 Å². The van der Waals surface area contributed by atoms with Crippen LogP contribution in [0.3, 0.4) is 0 Å². The summed E-state index contributed by atoms with van der Waals surface area (Å²) >= 11 is 0. The average molecular weight is 315 g/mol. The normalized spacial score (nSPS) is 24.5. The van der Waals surface area contributed by atoms with Crippen molar-refractivity contribution < 1.29 is 14.3 Å². The summed E-state index contributed by atoms with van der Waals surface area (Å²) in [5, 5.41) is 0. The van der Waals surface area contributed by atoms with Gasteiger partial charge in [0.2, 0.25) is 0 Å². The number of Topliss-reactive ketones (excluding diaryl/α,β-unsaturated/α-hetero) is 1. The van der Waals surface area contributed by atoms with Crippen LogP contribution in [0.5, 0.6) is 0 Å². The standard InChI is InChI=1S/C19H25NO3/c1-19(2,3)23-18(22)20-12-6-9-16(20)15-11-10-13-7-4-5-8-14(13)17(15)21/h4-5,7-8,15-16H,6,9-12H2,1-3H3/t15-,16-/m0/s1. The Labute approximate surface area is 137 Å². The van der Waals surface area contributed by atoms with Crippen LogP contribution in [0.15, 0.2) is 24.3 Å². The largest absolute Gasteiger partial charge is 0.444 e. The Morgan fingerprint density at radius 3 is 2.70 bits per heavy atom. The van der Waals surface area contributed by atoms with Gasteiger partial charge in [-0.25, -0.2) is 4.79 Å². The maximum atomic E-state index is 12.9. The number of aryl methyl sites for hydroxylation is 1. The third-order valence-corrected chi connectivity index (χ3v) is 4.74. The maximum absolute atomic E-state index is 12.9. The van der Waals surface area contributed by atoms with Gasteiger partial charge in [-0.3, -0.25) is 4.79 Å². The predicted molar refractivity (Wildman–Crippen MR) is 88.5 cm³/mol. The van der Waals surface area contributed by atoms with Crippen LogP contribution in [0.25, 0.3) is 0 Å². The zero-order chi connectivity index (χ0) is 16.6. The van der Waals surface area contributed by atoms with Crippen molar-refractivity contribution in [2.24, 2.45) is 5.92 Å². The van der Waals surface area contributed by atoms with Crippen molar-refractivity contribution in [2.75, 3.05) is 6.54 Å². The van der Waals surface area contributed by atoms with E-state index < -0.39 is 5.60 Å². The highest BCUT2D eigenvalue weighted by Gasteiger charge is 2.41. The summed E-state index contributed by atoms with van der Waals surface area (Å²) in [5.41, 5.74) is 1.46. The van der Waals surface area contributed by atoms with Crippen LogP contribution in [-0.2, 0) is 11.2 Å². The summed E-state index contributed by atoms with van der Waals surface area (Å²) in [6, 6.07) is 7.82. The van der Waals surface area contributed by atoms with E-state index in [1.165, 1.54) is 0 Å². The van der Waals surface area contributed by atoms with Gasteiger partial charge in [-0.05, 0) is 52.0 Å². The van der Waals surface area contributed by atoms with Crippen LogP contribution in [0.4, 0.5) is 4.79 Å². The van der Waals surface area contributed by atoms with Gasteiger partial charge in [0.15, 0.2) is 5.78 Å². The highest BCUT2D eigenvalue weighted by Crippen LogP contribution is 2.34. The molecule has 2 aliphatic rings. The van der Waals surface area contributed by atoms with Crippen LogP contribution < -0.4 is 0 Å². The molecule has 4 nitrogen and oxygen atoms in total. The second-order valence-corrected chi connectivity index (χ2v) is 7.55. The molecule has 1 aromatic rings. The van der Waals surface area contributed by atoms with Gasteiger partial charge in [0.25, 0.3) is 0 Å². The Bertz CT molecular complexity index is 617. The minimum atomic E-state index is -0.507. The molecule has 1 aliphatic heterocycles. The van der Waals surface area contributed by atoms with Gasteiger partial charge >= 0.3 is 6.09 Å². The lowest BCUT2D eigenvalue weighted by Gasteiger charge is -2.34. The Morgan fingerprint density at radius 1 is 1.22 bits per heavy atom. The van der Waals surface area contributed by atoms with E-state index in [0.717, 1.165) is 36.8 Å². The fourth-order valence-corrected chi connectivity index (χ4v) is 3.75. The number of ketones is 1. The molecule has 1 aromatic carbocycles. The summed E-state index contributed by atoms with van der Waals surface area (Å²) in [7, 11) is 0. The highest BCUT2D eigenvalue weighted by molar-refractivity contribution is 6.00. The summed E-state index contributed by atoms with van der Waals surface area (Å²) in [6.45, 7) is 6.30. The molecule has 0 N–H and O–H groups in total. The van der Waals surface area contributed by atoms with Crippen LogP contribution in [0, 0.1) is 5.92 Å². The monoisotopic (exact) mass is 315 g/mol. The fourth-order valence-electron chi connectivity index (χ4n) is 3.75. The number of hydrogen-bond donors (Lipinski definition) is 0. The SMILES string of the molecule is CC(C)(C)OC(=O)N1CCC[C@H]1[C@@H]1CCc2ccccc2C1=O. The minimum absolute atomic E-state index is 0.0225. The molecule has 3 rings (SSSR count). The zero-order valence-electron chi connectivity index (χ0n) is 14.2. The number of amides is 1. The fraction of sp³-hybridized carbons (Fsp3) is 0.579. The Hall–Kier alpha value is -1.84. The lowest BCUT2D eigenvalue weighted by atomic mass is 9.78. The molecular weight excluding hydrogens is 290 g/mol.